The number of hydrogen-bond acceptors (Lipinski definition) is 15. The van der Waals surface area contributed by atoms with Crippen molar-refractivity contribution in [3.63, 3.8) is 0 Å². The van der Waals surface area contributed by atoms with E-state index in [0.29, 0.717) is 55.6 Å². The molecule has 0 fully saturated rings. The van der Waals surface area contributed by atoms with E-state index in [4.69, 9.17) is 5.11 Å². The van der Waals surface area contributed by atoms with Crippen molar-refractivity contribution in [1.82, 2.24) is 0 Å². The zero-order valence-electron chi connectivity index (χ0n) is 72.6. The fraction of sp³-hybridized carbons (Fsp3) is 0.830. The van der Waals surface area contributed by atoms with E-state index in [9.17, 15) is 69.3 Å². The molecule has 0 saturated heterocycles. The van der Waals surface area contributed by atoms with E-state index in [0.717, 1.165) is 43.3 Å². The zero-order chi connectivity index (χ0) is 82.6. The highest BCUT2D eigenvalue weighted by Gasteiger charge is 2.47. The number of aliphatic hydroxyl groups is 8. The molecule has 15 nitrogen and oxygen atoms in total. The SMILES string of the molecule is CC(C)(C)C1=CC(=O)C(C)(C)C1.CC(C)(C)C1=CC(=O)[C@@](C)(CO)C1.CC(C)(C)CC[C@@H](CO)[C@@H](O)C(=O)C(C)(C)C.CC(C)CC[C@@H](CO)[C@H](O)C(=O)C(C)(C)C.CC(C)CC[C@H](CO)[C@@H](O)C(=O)C(C)(C)C.CC(C)[C@@]1(C)CC(C(C)(C)C)=CC1=O.CC(C)[C@@]1(CO)CC(C(C)(C)C)=CC1=O. The van der Waals surface area contributed by atoms with Crippen LogP contribution in [0.4, 0.5) is 0 Å². The van der Waals surface area contributed by atoms with E-state index >= 15 is 0 Å². The molecule has 4 aliphatic rings. The summed E-state index contributed by atoms with van der Waals surface area (Å²) >= 11 is 0. The summed E-state index contributed by atoms with van der Waals surface area (Å²) in [5.41, 5.74) is 2.36. The van der Waals surface area contributed by atoms with Crippen LogP contribution in [0.1, 0.15) is 313 Å². The molecule has 0 heterocycles. The normalized spacial score (nSPS) is 22.0. The van der Waals surface area contributed by atoms with Crippen molar-refractivity contribution < 1.29 is 74.4 Å². The van der Waals surface area contributed by atoms with Gasteiger partial charge < -0.3 is 40.9 Å². The zero-order valence-corrected chi connectivity index (χ0v) is 72.6. The summed E-state index contributed by atoms with van der Waals surface area (Å²) in [5, 5.41) is 76.2. The largest absolute Gasteiger partial charge is 0.396 e. The van der Waals surface area contributed by atoms with Gasteiger partial charge in [-0.3, -0.25) is 33.6 Å². The lowest BCUT2D eigenvalue weighted by atomic mass is 9.72. The maximum atomic E-state index is 12.0. The van der Waals surface area contributed by atoms with E-state index in [1.54, 1.807) is 74.5 Å². The van der Waals surface area contributed by atoms with Crippen LogP contribution in [0, 0.1) is 106 Å². The van der Waals surface area contributed by atoms with Crippen LogP contribution in [0.5, 0.6) is 0 Å². The molecule has 0 bridgehead atoms. The van der Waals surface area contributed by atoms with Crippen LogP contribution in [0.2, 0.25) is 0 Å². The highest BCUT2D eigenvalue weighted by Crippen LogP contribution is 2.48. The average Bonchev–Trinajstić information content (AvgIpc) is 1.64. The van der Waals surface area contributed by atoms with Gasteiger partial charge in [-0.25, -0.2) is 0 Å². The molecule has 103 heavy (non-hydrogen) atoms. The third-order valence-electron chi connectivity index (χ3n) is 21.2. The van der Waals surface area contributed by atoms with Gasteiger partial charge in [-0.2, -0.15) is 0 Å². The van der Waals surface area contributed by atoms with Crippen LogP contribution >= 0.6 is 0 Å². The fourth-order valence-electron chi connectivity index (χ4n) is 11.6. The first-order valence-electron chi connectivity index (χ1n) is 38.6. The molecule has 0 spiro atoms. The summed E-state index contributed by atoms with van der Waals surface area (Å²) in [6.45, 7) is 72.2. The number of carbonyl (C=O) groups excluding carboxylic acids is 7. The molecular formula is C88H160O15. The molecule has 0 amide bonds. The van der Waals surface area contributed by atoms with Gasteiger partial charge >= 0.3 is 0 Å². The third-order valence-corrected chi connectivity index (χ3v) is 21.2. The first-order valence-corrected chi connectivity index (χ1v) is 38.6. The molecular weight excluding hydrogens is 1300 g/mol. The predicted molar refractivity (Wildman–Crippen MR) is 425 cm³/mol. The number of aliphatic hydroxyl groups excluding tert-OH is 8. The summed E-state index contributed by atoms with van der Waals surface area (Å²) in [7, 11) is 0. The molecule has 0 aromatic heterocycles. The quantitative estimate of drug-likeness (QED) is 0.0530. The van der Waals surface area contributed by atoms with E-state index in [-0.39, 0.29) is 129 Å². The molecule has 9 atom stereocenters. The second-order valence-corrected chi connectivity index (χ2v) is 41.5. The summed E-state index contributed by atoms with van der Waals surface area (Å²) in [6, 6.07) is 0. The summed E-state index contributed by atoms with van der Waals surface area (Å²) < 4.78 is 0. The molecule has 4 rings (SSSR count). The molecule has 0 unspecified atom stereocenters. The molecule has 0 aliphatic heterocycles. The highest BCUT2D eigenvalue weighted by atomic mass is 16.3. The van der Waals surface area contributed by atoms with Crippen LogP contribution in [-0.4, -0.2) is 133 Å². The lowest BCUT2D eigenvalue weighted by Crippen LogP contribution is -2.39. The molecule has 0 aromatic rings. The van der Waals surface area contributed by atoms with Crippen molar-refractivity contribution in [1.29, 1.82) is 0 Å². The van der Waals surface area contributed by atoms with Gasteiger partial charge in [-0.1, -0.05) is 277 Å². The number of carbonyl (C=O) groups is 7. The minimum absolute atomic E-state index is 0.0292. The van der Waals surface area contributed by atoms with E-state index in [1.807, 2.05) is 46.8 Å². The fourth-order valence-corrected chi connectivity index (χ4v) is 11.6. The van der Waals surface area contributed by atoms with Gasteiger partial charge in [-0.15, -0.1) is 0 Å². The summed E-state index contributed by atoms with van der Waals surface area (Å²) in [6.07, 6.45) is 12.1. The van der Waals surface area contributed by atoms with Crippen molar-refractivity contribution in [2.24, 2.45) is 106 Å². The summed E-state index contributed by atoms with van der Waals surface area (Å²) in [5.74, 6) is 0.865. The lowest BCUT2D eigenvalue weighted by molar-refractivity contribution is -0.139. The minimum atomic E-state index is -1.05. The Morgan fingerprint density at radius 1 is 0.369 bits per heavy atom. The van der Waals surface area contributed by atoms with Crippen LogP contribution in [0.15, 0.2) is 46.6 Å². The Kier molecular flexibility index (Phi) is 41.4. The Morgan fingerprint density at radius 3 is 0.845 bits per heavy atom. The number of ketones is 7. The molecule has 15 heteroatoms. The van der Waals surface area contributed by atoms with Gasteiger partial charge in [-0.05, 0) is 133 Å². The van der Waals surface area contributed by atoms with Gasteiger partial charge in [0.05, 0.1) is 24.0 Å². The van der Waals surface area contributed by atoms with Crippen LogP contribution < -0.4 is 0 Å². The maximum Gasteiger partial charge on any atom is 0.166 e. The Bertz CT molecular complexity index is 2770. The number of rotatable bonds is 21. The number of Topliss-reactive ketones (excluding diaryl/α,β-unsaturated/α-hetero) is 3. The van der Waals surface area contributed by atoms with Crippen LogP contribution in [0.3, 0.4) is 0 Å². The average molecular weight is 1460 g/mol. The van der Waals surface area contributed by atoms with Gasteiger partial charge in [0, 0.05) is 64.6 Å². The van der Waals surface area contributed by atoms with Gasteiger partial charge in [0.25, 0.3) is 0 Å². The van der Waals surface area contributed by atoms with Crippen molar-refractivity contribution in [3.8, 4) is 0 Å². The second-order valence-electron chi connectivity index (χ2n) is 41.5. The van der Waals surface area contributed by atoms with Crippen molar-refractivity contribution >= 4 is 40.5 Å². The van der Waals surface area contributed by atoms with E-state index < -0.39 is 45.4 Å². The standard InChI is InChI=1S/C14H28O3.2C13H26O3.C13H22O2.C13H22O.C11H18O2.C11H18O/c1-13(2,3)8-7-10(9-15)11(16)12(17)14(4,5)6;2*1-9(2)6-7-10(8-14)11(15)12(16)13(3,4)5;1-9(2)13(8-14)7-10(6-11(13)15)12(3,4)5;1-9(2)13(6)8-10(7-11(13)14)12(3,4)5;1-10(2,3)8-5-9(13)11(4,6-8)7-12;1-10(2,3)8-6-9(12)11(4,5)7-8/h10-11,15-16H,7-9H2,1-6H3;2*9-11,14-15H,6-8H2,1-5H3;6,9,14H,7-8H2,1-5H3;7,9H,8H2,1-6H3;5,12H,6-7H2,1-4H3;6H,7H2,1-5H3/t10-,11+;2*10-,11-;2*13-;11-;/m010011./s1. The van der Waals surface area contributed by atoms with Gasteiger partial charge in [0.1, 0.15) is 18.3 Å². The monoisotopic (exact) mass is 1460 g/mol. The molecule has 8 N–H and O–H groups in total. The predicted octanol–water partition coefficient (Wildman–Crippen LogP) is 17.5. The van der Waals surface area contributed by atoms with Crippen molar-refractivity contribution in [2.45, 2.75) is 332 Å². The van der Waals surface area contributed by atoms with E-state index in [1.165, 1.54) is 11.1 Å². The first-order chi connectivity index (χ1) is 45.8. The molecule has 0 aromatic carbocycles. The lowest BCUT2D eigenvalue weighted by Gasteiger charge is -2.32. The van der Waals surface area contributed by atoms with Crippen LogP contribution in [0.25, 0.3) is 0 Å². The topological polar surface area (TPSA) is 281 Å². The van der Waals surface area contributed by atoms with Crippen LogP contribution in [-0.2, 0) is 33.6 Å². The Labute approximate surface area is 629 Å². The Balaban J connectivity index is -0.00000113. The Hall–Kier alpha value is -3.67. The summed E-state index contributed by atoms with van der Waals surface area (Å²) in [4.78, 5) is 82.6. The first kappa shape index (κ1) is 103. The number of allylic oxidation sites excluding steroid dienone is 8. The van der Waals surface area contributed by atoms with Crippen molar-refractivity contribution in [3.05, 3.63) is 46.6 Å². The van der Waals surface area contributed by atoms with Crippen molar-refractivity contribution in [2.75, 3.05) is 33.0 Å². The van der Waals surface area contributed by atoms with Gasteiger partial charge in [0.15, 0.2) is 40.5 Å². The Morgan fingerprint density at radius 2 is 0.660 bits per heavy atom. The molecule has 0 saturated carbocycles. The third kappa shape index (κ3) is 34.6. The van der Waals surface area contributed by atoms with Gasteiger partial charge in [0.2, 0.25) is 0 Å². The molecule has 4 aliphatic carbocycles. The minimum Gasteiger partial charge on any atom is -0.396 e. The maximum absolute atomic E-state index is 12.0. The highest BCUT2D eigenvalue weighted by molar-refractivity contribution is 6.00. The van der Waals surface area contributed by atoms with E-state index in [2.05, 4.69) is 152 Å². The molecule has 0 radical (unpaired) electrons. The number of hydrogen-bond donors (Lipinski definition) is 8. The second kappa shape index (κ2) is 41.2. The smallest absolute Gasteiger partial charge is 0.166 e. The molecule has 602 valence electrons.